The molecule has 0 amide bonds. The Bertz CT molecular complexity index is 935. The van der Waals surface area contributed by atoms with Gasteiger partial charge in [-0.1, -0.05) is 19.3 Å². The van der Waals surface area contributed by atoms with E-state index < -0.39 is 7.60 Å². The molecule has 0 bridgehead atoms. The lowest BCUT2D eigenvalue weighted by Crippen LogP contribution is -2.47. The number of nitrogens with two attached hydrogens (primary N) is 1. The van der Waals surface area contributed by atoms with Crippen LogP contribution < -0.4 is 26.6 Å². The summed E-state index contributed by atoms with van der Waals surface area (Å²) in [5, 5.41) is 10.9. The number of hydrogen-bond donors (Lipinski definition) is 5. The number of rotatable bonds is 16. The molecule has 1 atom stereocenters. The Hall–Kier alpha value is -1.49. The van der Waals surface area contributed by atoms with Gasteiger partial charge in [-0.3, -0.25) is 9.46 Å². The van der Waals surface area contributed by atoms with Gasteiger partial charge in [-0.25, -0.2) is 0 Å². The van der Waals surface area contributed by atoms with Crippen LogP contribution in [0, 0.1) is 11.8 Å². The lowest BCUT2D eigenvalue weighted by atomic mass is 9.82. The fraction of sp³-hybridized carbons (Fsp3) is 0.862. The first kappa shape index (κ1) is 32.4. The molecule has 1 aromatic rings. The van der Waals surface area contributed by atoms with Crippen molar-refractivity contribution in [3.8, 4) is 0 Å². The summed E-state index contributed by atoms with van der Waals surface area (Å²) in [5.74, 6) is 3.34. The predicted octanol–water partition coefficient (Wildman–Crippen LogP) is 3.52. The molecule has 4 rings (SSSR count). The van der Waals surface area contributed by atoms with Crippen molar-refractivity contribution in [1.29, 1.82) is 0 Å². The minimum absolute atomic E-state index is 0.159. The molecule has 6 N–H and O–H groups in total. The number of piperazine rings is 1. The van der Waals surface area contributed by atoms with Crippen LogP contribution >= 0.6 is 7.60 Å². The van der Waals surface area contributed by atoms with Crippen molar-refractivity contribution in [2.75, 3.05) is 87.6 Å². The second kappa shape index (κ2) is 17.0. The molecule has 1 saturated heterocycles. The molecular weight excluding hydrogens is 539 g/mol. The molecule has 234 valence electrons. The van der Waals surface area contributed by atoms with Gasteiger partial charge in [0, 0.05) is 51.4 Å². The zero-order valence-electron chi connectivity index (χ0n) is 25.2. The van der Waals surface area contributed by atoms with Gasteiger partial charge in [0.1, 0.15) is 11.6 Å². The Morgan fingerprint density at radius 2 is 1.71 bits per heavy atom. The molecule has 41 heavy (non-hydrogen) atoms. The number of nitrogens with one attached hydrogen (secondary N) is 3. The maximum Gasteiger partial charge on any atom is 0.329 e. The van der Waals surface area contributed by atoms with Gasteiger partial charge in [0.15, 0.2) is 0 Å². The van der Waals surface area contributed by atoms with Crippen LogP contribution in [-0.2, 0) is 9.09 Å². The topological polar surface area (TPSA) is 141 Å². The summed E-state index contributed by atoms with van der Waals surface area (Å²) in [6.07, 6.45) is 13.4. The second-order valence-corrected chi connectivity index (χ2v) is 14.2. The molecule has 3 aliphatic rings. The lowest BCUT2D eigenvalue weighted by molar-refractivity contribution is 0.245. The van der Waals surface area contributed by atoms with Gasteiger partial charge in [-0.15, -0.1) is 0 Å². The fourth-order valence-electron chi connectivity index (χ4n) is 6.44. The average Bonchev–Trinajstić information content (AvgIpc) is 2.98. The highest BCUT2D eigenvalue weighted by Gasteiger charge is 2.24. The van der Waals surface area contributed by atoms with Crippen LogP contribution in [0.3, 0.4) is 0 Å². The molecule has 1 unspecified atom stereocenters. The van der Waals surface area contributed by atoms with Crippen LogP contribution in [0.4, 0.5) is 17.6 Å². The van der Waals surface area contributed by atoms with Crippen molar-refractivity contribution in [1.82, 2.24) is 25.5 Å². The van der Waals surface area contributed by atoms with Crippen LogP contribution in [0.15, 0.2) is 6.07 Å². The Morgan fingerprint density at radius 3 is 2.41 bits per heavy atom. The summed E-state index contributed by atoms with van der Waals surface area (Å²) in [7, 11) is -3.49. The zero-order valence-corrected chi connectivity index (χ0v) is 26.1. The van der Waals surface area contributed by atoms with E-state index in [0.29, 0.717) is 24.2 Å². The largest absolute Gasteiger partial charge is 0.383 e. The summed E-state index contributed by atoms with van der Waals surface area (Å²) in [6.45, 7) is 10.00. The van der Waals surface area contributed by atoms with Gasteiger partial charge in [0.25, 0.3) is 0 Å². The number of nitrogen functional groups attached to an aromatic ring is 1. The third kappa shape index (κ3) is 11.6. The smallest absolute Gasteiger partial charge is 0.329 e. The molecule has 2 aliphatic carbocycles. The molecule has 0 aromatic carbocycles. The van der Waals surface area contributed by atoms with E-state index in [4.69, 9.17) is 15.2 Å². The predicted molar refractivity (Wildman–Crippen MR) is 168 cm³/mol. The van der Waals surface area contributed by atoms with Gasteiger partial charge >= 0.3 is 7.60 Å². The first-order valence-corrected chi connectivity index (χ1v) is 17.9. The molecular formula is C29H55N8O3P. The van der Waals surface area contributed by atoms with Crippen LogP contribution in [0.2, 0.25) is 0 Å². The van der Waals surface area contributed by atoms with Crippen molar-refractivity contribution in [2.45, 2.75) is 77.2 Å². The second-order valence-electron chi connectivity index (χ2n) is 12.2. The first-order chi connectivity index (χ1) is 19.9. The van der Waals surface area contributed by atoms with E-state index >= 15 is 0 Å². The summed E-state index contributed by atoms with van der Waals surface area (Å²) < 4.78 is 17.0. The minimum Gasteiger partial charge on any atom is -0.383 e. The van der Waals surface area contributed by atoms with Gasteiger partial charge in [0.05, 0.1) is 12.8 Å². The van der Waals surface area contributed by atoms with E-state index in [1.54, 1.807) is 6.92 Å². The Labute approximate surface area is 247 Å². The first-order valence-electron chi connectivity index (χ1n) is 16.2. The van der Waals surface area contributed by atoms with E-state index in [0.717, 1.165) is 70.1 Å². The molecule has 2 heterocycles. The van der Waals surface area contributed by atoms with Gasteiger partial charge in [-0.05, 0) is 83.3 Å². The molecule has 11 nitrogen and oxygen atoms in total. The van der Waals surface area contributed by atoms with Crippen molar-refractivity contribution in [2.24, 2.45) is 11.8 Å². The highest BCUT2D eigenvalue weighted by atomic mass is 31.2. The van der Waals surface area contributed by atoms with Gasteiger partial charge in [-0.2, -0.15) is 9.97 Å². The van der Waals surface area contributed by atoms with Crippen LogP contribution in [0.1, 0.15) is 71.1 Å². The van der Waals surface area contributed by atoms with Crippen LogP contribution in [0.25, 0.3) is 0 Å². The van der Waals surface area contributed by atoms with Crippen molar-refractivity contribution in [3.05, 3.63) is 6.07 Å². The number of aromatic nitrogens is 2. The van der Waals surface area contributed by atoms with Gasteiger partial charge < -0.3 is 36.0 Å². The fourth-order valence-corrected chi connectivity index (χ4v) is 7.50. The molecule has 3 fully saturated rings. The molecule has 0 radical (unpaired) electrons. The van der Waals surface area contributed by atoms with Crippen molar-refractivity contribution < 1.29 is 14.0 Å². The van der Waals surface area contributed by atoms with E-state index in [1.165, 1.54) is 64.2 Å². The monoisotopic (exact) mass is 594 g/mol. The summed E-state index contributed by atoms with van der Waals surface area (Å²) in [6, 6.07) is 2.60. The third-order valence-corrected chi connectivity index (χ3v) is 10.4. The highest BCUT2D eigenvalue weighted by Crippen LogP contribution is 2.41. The summed E-state index contributed by atoms with van der Waals surface area (Å²) in [4.78, 5) is 23.5. The van der Waals surface area contributed by atoms with E-state index in [9.17, 15) is 9.46 Å². The molecule has 2 saturated carbocycles. The highest BCUT2D eigenvalue weighted by molar-refractivity contribution is 7.52. The molecule has 1 aliphatic heterocycles. The average molecular weight is 595 g/mol. The van der Waals surface area contributed by atoms with Crippen LogP contribution in [-0.4, -0.2) is 97.5 Å². The van der Waals surface area contributed by atoms with E-state index in [-0.39, 0.29) is 12.8 Å². The molecule has 12 heteroatoms. The summed E-state index contributed by atoms with van der Waals surface area (Å²) in [5.41, 5.74) is 6.15. The SMILES string of the molecule is CCOP(=O)(O)CCN1CCN(c2cc(N)nc(NCC3CCC(CNCCCNC4CCCCC4)CC3)n2)CC1. The van der Waals surface area contributed by atoms with Crippen molar-refractivity contribution >= 4 is 25.2 Å². The maximum absolute atomic E-state index is 12.0. The molecule has 1 aromatic heterocycles. The summed E-state index contributed by atoms with van der Waals surface area (Å²) >= 11 is 0. The number of anilines is 3. The van der Waals surface area contributed by atoms with Crippen LogP contribution in [0.5, 0.6) is 0 Å². The normalized spacial score (nSPS) is 24.3. The zero-order chi connectivity index (χ0) is 28.9. The third-order valence-electron chi connectivity index (χ3n) is 8.98. The Kier molecular flexibility index (Phi) is 13.4. The van der Waals surface area contributed by atoms with Crippen molar-refractivity contribution in [3.63, 3.8) is 0 Å². The van der Waals surface area contributed by atoms with E-state index in [1.807, 2.05) is 6.07 Å². The Morgan fingerprint density at radius 1 is 1.00 bits per heavy atom. The quantitative estimate of drug-likeness (QED) is 0.142. The van der Waals surface area contributed by atoms with E-state index in [2.05, 4.69) is 30.7 Å². The van der Waals surface area contributed by atoms with Gasteiger partial charge in [0.2, 0.25) is 5.95 Å². The standard InChI is InChI=1S/C29H55N8O3P/c1-2-40-41(38,39)20-19-36-15-17-37(18-16-36)28-21-27(30)34-29(35-28)33-23-25-11-9-24(10-12-25)22-31-13-6-14-32-26-7-4-3-5-8-26/h21,24-26,31-32H,2-20,22-23H2,1H3,(H,38,39)(H3,30,33,34,35). The Balaban J connectivity index is 1.09. The maximum atomic E-state index is 12.0. The number of hydrogen-bond acceptors (Lipinski definition) is 10. The number of nitrogens with zero attached hydrogens (tertiary/aromatic N) is 4. The molecule has 0 spiro atoms. The lowest BCUT2D eigenvalue weighted by Gasteiger charge is -2.35. The minimum atomic E-state index is -3.49.